The lowest BCUT2D eigenvalue weighted by Gasteiger charge is -2.17. The molecule has 4 nitrogen and oxygen atoms in total. The Bertz CT molecular complexity index is 738. The SMILES string of the molecule is CC(C)(C)S(=O)CCNC(=O)Cc1csc(-c2cccc(F)c2)n1. The number of amides is 1. The summed E-state index contributed by atoms with van der Waals surface area (Å²) in [5.74, 6) is -0.0354. The van der Waals surface area contributed by atoms with Crippen LogP contribution in [-0.2, 0) is 22.0 Å². The number of halogens is 1. The third kappa shape index (κ3) is 5.49. The number of benzene rings is 1. The molecule has 0 aliphatic carbocycles. The van der Waals surface area contributed by atoms with E-state index in [1.54, 1.807) is 17.5 Å². The van der Waals surface area contributed by atoms with Crippen LogP contribution in [0, 0.1) is 5.82 Å². The molecule has 1 aromatic carbocycles. The molecule has 0 bridgehead atoms. The average Bonchev–Trinajstić information content (AvgIpc) is 2.94. The Morgan fingerprint density at radius 1 is 1.38 bits per heavy atom. The van der Waals surface area contributed by atoms with Gasteiger partial charge in [-0.2, -0.15) is 0 Å². The fourth-order valence-electron chi connectivity index (χ4n) is 1.96. The molecule has 0 aliphatic rings. The minimum absolute atomic E-state index is 0.156. The molecule has 0 fully saturated rings. The lowest BCUT2D eigenvalue weighted by molar-refractivity contribution is -0.120. The molecule has 1 N–H and O–H groups in total. The molecule has 1 atom stereocenters. The topological polar surface area (TPSA) is 59.1 Å². The van der Waals surface area contributed by atoms with Gasteiger partial charge in [-0.3, -0.25) is 9.00 Å². The quantitative estimate of drug-likeness (QED) is 0.852. The monoisotopic (exact) mass is 368 g/mol. The van der Waals surface area contributed by atoms with Gasteiger partial charge in [0.25, 0.3) is 0 Å². The second kappa shape index (κ2) is 7.98. The minimum Gasteiger partial charge on any atom is -0.355 e. The maximum absolute atomic E-state index is 13.2. The fraction of sp³-hybridized carbons (Fsp3) is 0.412. The molecular formula is C17H21FN2O2S2. The molecule has 1 heterocycles. The highest BCUT2D eigenvalue weighted by molar-refractivity contribution is 7.86. The summed E-state index contributed by atoms with van der Waals surface area (Å²) >= 11 is 1.38. The fourth-order valence-corrected chi connectivity index (χ4v) is 3.68. The lowest BCUT2D eigenvalue weighted by Crippen LogP contribution is -2.33. The number of carbonyl (C=O) groups is 1. The lowest BCUT2D eigenvalue weighted by atomic mass is 10.2. The van der Waals surface area contributed by atoms with E-state index in [2.05, 4.69) is 10.3 Å². The first kappa shape index (κ1) is 18.7. The molecule has 1 unspecified atom stereocenters. The molecule has 2 rings (SSSR count). The van der Waals surface area contributed by atoms with E-state index in [1.807, 2.05) is 20.8 Å². The Morgan fingerprint density at radius 2 is 2.12 bits per heavy atom. The summed E-state index contributed by atoms with van der Waals surface area (Å²) in [5.41, 5.74) is 1.35. The van der Waals surface area contributed by atoms with Crippen molar-refractivity contribution in [2.45, 2.75) is 31.9 Å². The molecule has 0 radical (unpaired) electrons. The van der Waals surface area contributed by atoms with Gasteiger partial charge < -0.3 is 5.32 Å². The molecule has 0 aliphatic heterocycles. The normalized spacial score (nSPS) is 12.8. The van der Waals surface area contributed by atoms with Gasteiger partial charge in [0.15, 0.2) is 0 Å². The minimum atomic E-state index is -0.987. The van der Waals surface area contributed by atoms with Crippen molar-refractivity contribution in [2.24, 2.45) is 0 Å². The van der Waals surface area contributed by atoms with Gasteiger partial charge in [0, 0.05) is 38.8 Å². The van der Waals surface area contributed by atoms with Crippen molar-refractivity contribution in [3.63, 3.8) is 0 Å². The standard InChI is InChI=1S/C17H21FN2O2S2/c1-17(2,3)24(22)8-7-19-15(21)10-14-11-23-16(20-14)12-5-4-6-13(18)9-12/h4-6,9,11H,7-8,10H2,1-3H3,(H,19,21). The summed E-state index contributed by atoms with van der Waals surface area (Å²) in [6.07, 6.45) is 0.161. The second-order valence-electron chi connectivity index (χ2n) is 6.34. The van der Waals surface area contributed by atoms with Crippen LogP contribution in [0.15, 0.2) is 29.6 Å². The van der Waals surface area contributed by atoms with Crippen LogP contribution in [-0.4, -0.2) is 32.1 Å². The summed E-state index contributed by atoms with van der Waals surface area (Å²) in [6.45, 7) is 6.11. The smallest absolute Gasteiger partial charge is 0.226 e. The molecule has 24 heavy (non-hydrogen) atoms. The van der Waals surface area contributed by atoms with Crippen LogP contribution in [0.1, 0.15) is 26.5 Å². The Hall–Kier alpha value is -1.60. The van der Waals surface area contributed by atoms with Crippen molar-refractivity contribution < 1.29 is 13.4 Å². The maximum Gasteiger partial charge on any atom is 0.226 e. The van der Waals surface area contributed by atoms with E-state index >= 15 is 0 Å². The van der Waals surface area contributed by atoms with Gasteiger partial charge in [-0.15, -0.1) is 11.3 Å². The van der Waals surface area contributed by atoms with Gasteiger partial charge in [0.05, 0.1) is 12.1 Å². The van der Waals surface area contributed by atoms with Crippen molar-refractivity contribution in [2.75, 3.05) is 12.3 Å². The van der Waals surface area contributed by atoms with E-state index in [0.29, 0.717) is 28.6 Å². The Labute approximate surface area is 148 Å². The van der Waals surface area contributed by atoms with Crippen LogP contribution in [0.3, 0.4) is 0 Å². The van der Waals surface area contributed by atoms with Crippen LogP contribution < -0.4 is 5.32 Å². The number of hydrogen-bond acceptors (Lipinski definition) is 4. The molecule has 0 saturated heterocycles. The highest BCUT2D eigenvalue weighted by Gasteiger charge is 2.19. The van der Waals surface area contributed by atoms with Crippen LogP contribution in [0.2, 0.25) is 0 Å². The zero-order valence-corrected chi connectivity index (χ0v) is 15.6. The van der Waals surface area contributed by atoms with Crippen molar-refractivity contribution >= 4 is 28.0 Å². The maximum atomic E-state index is 13.2. The predicted octanol–water partition coefficient (Wildman–Crippen LogP) is 3.16. The van der Waals surface area contributed by atoms with Crippen molar-refractivity contribution in [3.05, 3.63) is 41.2 Å². The number of aromatic nitrogens is 1. The predicted molar refractivity (Wildman–Crippen MR) is 97.0 cm³/mol. The second-order valence-corrected chi connectivity index (χ2v) is 9.53. The van der Waals surface area contributed by atoms with Gasteiger partial charge >= 0.3 is 0 Å². The molecule has 1 amide bonds. The van der Waals surface area contributed by atoms with Crippen molar-refractivity contribution in [3.8, 4) is 10.6 Å². The number of nitrogens with zero attached hydrogens (tertiary/aromatic N) is 1. The van der Waals surface area contributed by atoms with E-state index in [-0.39, 0.29) is 22.9 Å². The first-order valence-electron chi connectivity index (χ1n) is 7.61. The zero-order valence-electron chi connectivity index (χ0n) is 14.0. The molecular weight excluding hydrogens is 347 g/mol. The molecule has 1 aromatic heterocycles. The van der Waals surface area contributed by atoms with E-state index in [0.717, 1.165) is 0 Å². The van der Waals surface area contributed by atoms with E-state index in [1.165, 1.54) is 23.5 Å². The highest BCUT2D eigenvalue weighted by atomic mass is 32.2. The zero-order chi connectivity index (χ0) is 17.7. The van der Waals surface area contributed by atoms with Crippen LogP contribution in [0.25, 0.3) is 10.6 Å². The number of thiazole rings is 1. The Balaban J connectivity index is 1.86. The largest absolute Gasteiger partial charge is 0.355 e. The summed E-state index contributed by atoms with van der Waals surface area (Å²) in [5, 5.41) is 5.25. The number of rotatable bonds is 6. The van der Waals surface area contributed by atoms with E-state index < -0.39 is 10.8 Å². The molecule has 7 heteroatoms. The first-order chi connectivity index (χ1) is 11.3. The van der Waals surface area contributed by atoms with Crippen LogP contribution >= 0.6 is 11.3 Å². The van der Waals surface area contributed by atoms with Crippen LogP contribution in [0.5, 0.6) is 0 Å². The van der Waals surface area contributed by atoms with Gasteiger partial charge in [-0.1, -0.05) is 12.1 Å². The van der Waals surface area contributed by atoms with Crippen LogP contribution in [0.4, 0.5) is 4.39 Å². The Morgan fingerprint density at radius 3 is 2.79 bits per heavy atom. The third-order valence-corrected chi connectivity index (χ3v) is 6.14. The number of carbonyl (C=O) groups excluding carboxylic acids is 1. The van der Waals surface area contributed by atoms with Crippen molar-refractivity contribution in [1.82, 2.24) is 10.3 Å². The van der Waals surface area contributed by atoms with Crippen molar-refractivity contribution in [1.29, 1.82) is 0 Å². The molecule has 0 spiro atoms. The summed E-state index contributed by atoms with van der Waals surface area (Å²) < 4.78 is 24.9. The molecule has 2 aromatic rings. The molecule has 0 saturated carbocycles. The van der Waals surface area contributed by atoms with E-state index in [4.69, 9.17) is 0 Å². The Kier molecular flexibility index (Phi) is 6.23. The summed E-state index contributed by atoms with van der Waals surface area (Å²) in [7, 11) is -0.987. The summed E-state index contributed by atoms with van der Waals surface area (Å²) in [6, 6.07) is 6.22. The van der Waals surface area contributed by atoms with Gasteiger partial charge in [-0.05, 0) is 32.9 Å². The van der Waals surface area contributed by atoms with Gasteiger partial charge in [0.1, 0.15) is 10.8 Å². The van der Waals surface area contributed by atoms with Gasteiger partial charge in [-0.25, -0.2) is 9.37 Å². The summed E-state index contributed by atoms with van der Waals surface area (Å²) in [4.78, 5) is 16.3. The van der Waals surface area contributed by atoms with Gasteiger partial charge in [0.2, 0.25) is 5.91 Å². The first-order valence-corrected chi connectivity index (χ1v) is 9.81. The highest BCUT2D eigenvalue weighted by Crippen LogP contribution is 2.24. The van der Waals surface area contributed by atoms with E-state index in [9.17, 15) is 13.4 Å². The third-order valence-electron chi connectivity index (χ3n) is 3.26. The number of hydrogen-bond donors (Lipinski definition) is 1. The average molecular weight is 368 g/mol. The number of nitrogens with one attached hydrogen (secondary N) is 1. The molecule has 130 valence electrons.